The first-order valence-corrected chi connectivity index (χ1v) is 5.87. The molecule has 1 atom stereocenters. The Morgan fingerprint density at radius 2 is 1.94 bits per heavy atom. The van der Waals surface area contributed by atoms with Crippen molar-refractivity contribution in [1.82, 2.24) is 4.98 Å². The largest absolute Gasteiger partial charge is 0.392 e. The molecule has 0 saturated heterocycles. The van der Waals surface area contributed by atoms with E-state index in [0.717, 1.165) is 5.56 Å². The molecule has 88 valence electrons. The molecule has 1 aromatic heterocycles. The summed E-state index contributed by atoms with van der Waals surface area (Å²) >= 11 is 0. The van der Waals surface area contributed by atoms with Gasteiger partial charge < -0.3 is 5.11 Å². The van der Waals surface area contributed by atoms with Crippen LogP contribution in [0.3, 0.4) is 0 Å². The van der Waals surface area contributed by atoms with Gasteiger partial charge in [0, 0.05) is 18.8 Å². The quantitative estimate of drug-likeness (QED) is 0.870. The van der Waals surface area contributed by atoms with Crippen molar-refractivity contribution in [2.75, 3.05) is 0 Å². The lowest BCUT2D eigenvalue weighted by Crippen LogP contribution is -2.14. The number of pyridine rings is 1. The van der Waals surface area contributed by atoms with Gasteiger partial charge in [0.25, 0.3) is 0 Å². The Morgan fingerprint density at radius 3 is 2.65 bits per heavy atom. The van der Waals surface area contributed by atoms with Crippen molar-refractivity contribution in [2.45, 2.75) is 25.9 Å². The Hall–Kier alpha value is -1.67. The van der Waals surface area contributed by atoms with Crippen molar-refractivity contribution in [3.05, 3.63) is 65.5 Å². The minimum atomic E-state index is -0.347. The van der Waals surface area contributed by atoms with E-state index in [2.05, 4.69) is 24.0 Å². The number of hydrogen-bond donors (Lipinski definition) is 1. The molecule has 0 saturated carbocycles. The maximum Gasteiger partial charge on any atom is 0.0621 e. The number of aromatic nitrogens is 1. The van der Waals surface area contributed by atoms with Crippen molar-refractivity contribution in [2.24, 2.45) is 0 Å². The van der Waals surface area contributed by atoms with Crippen molar-refractivity contribution in [3.63, 3.8) is 0 Å². The van der Waals surface area contributed by atoms with Crippen molar-refractivity contribution >= 4 is 0 Å². The number of aryl methyl sites for hydroxylation is 1. The number of aliphatic hydroxyl groups excluding tert-OH is 1. The number of nitrogens with zero attached hydrogens (tertiary/aromatic N) is 1. The van der Waals surface area contributed by atoms with E-state index >= 15 is 0 Å². The second-order valence-electron chi connectivity index (χ2n) is 4.35. The average molecular weight is 227 g/mol. The summed E-state index contributed by atoms with van der Waals surface area (Å²) in [5, 5.41) is 10.1. The zero-order valence-corrected chi connectivity index (χ0v) is 10.0. The van der Waals surface area contributed by atoms with Gasteiger partial charge in [-0.2, -0.15) is 0 Å². The van der Waals surface area contributed by atoms with Gasteiger partial charge in [-0.1, -0.05) is 30.3 Å². The van der Waals surface area contributed by atoms with Crippen LogP contribution in [-0.2, 0) is 12.8 Å². The number of rotatable bonds is 4. The summed E-state index contributed by atoms with van der Waals surface area (Å²) in [4.78, 5) is 4.05. The van der Waals surface area contributed by atoms with Gasteiger partial charge in [0.2, 0.25) is 0 Å². The molecule has 1 unspecified atom stereocenters. The molecule has 0 bridgehead atoms. The molecule has 0 aliphatic rings. The molecule has 0 aliphatic heterocycles. The molecule has 1 aromatic carbocycles. The fourth-order valence-corrected chi connectivity index (χ4v) is 1.96. The highest BCUT2D eigenvalue weighted by Gasteiger charge is 2.08. The molecule has 0 radical (unpaired) electrons. The Kier molecular flexibility index (Phi) is 3.89. The summed E-state index contributed by atoms with van der Waals surface area (Å²) < 4.78 is 0. The van der Waals surface area contributed by atoms with Crippen LogP contribution < -0.4 is 0 Å². The minimum absolute atomic E-state index is 0.347. The predicted molar refractivity (Wildman–Crippen MR) is 68.8 cm³/mol. The van der Waals surface area contributed by atoms with Crippen LogP contribution in [0.25, 0.3) is 0 Å². The fraction of sp³-hybridized carbons (Fsp3) is 0.267. The normalized spacial score (nSPS) is 12.4. The molecule has 1 heterocycles. The van der Waals surface area contributed by atoms with E-state index in [1.807, 2.05) is 24.3 Å². The summed E-state index contributed by atoms with van der Waals surface area (Å²) in [7, 11) is 0. The van der Waals surface area contributed by atoms with E-state index in [9.17, 15) is 5.11 Å². The number of aliphatic hydroxyl groups is 1. The molecule has 2 nitrogen and oxygen atoms in total. The number of benzene rings is 1. The second-order valence-corrected chi connectivity index (χ2v) is 4.35. The van der Waals surface area contributed by atoms with Crippen LogP contribution in [0.1, 0.15) is 16.7 Å². The molecule has 17 heavy (non-hydrogen) atoms. The monoisotopic (exact) mass is 227 g/mol. The van der Waals surface area contributed by atoms with E-state index in [1.165, 1.54) is 11.1 Å². The van der Waals surface area contributed by atoms with Gasteiger partial charge in [-0.15, -0.1) is 0 Å². The highest BCUT2D eigenvalue weighted by Crippen LogP contribution is 2.12. The lowest BCUT2D eigenvalue weighted by Gasteiger charge is -2.12. The van der Waals surface area contributed by atoms with Crippen LogP contribution in [-0.4, -0.2) is 16.2 Å². The van der Waals surface area contributed by atoms with Crippen LogP contribution in [0, 0.1) is 6.92 Å². The molecular formula is C15H17NO. The van der Waals surface area contributed by atoms with E-state index in [4.69, 9.17) is 0 Å². The lowest BCUT2D eigenvalue weighted by molar-refractivity contribution is 0.175. The van der Waals surface area contributed by atoms with Gasteiger partial charge in [-0.3, -0.25) is 4.98 Å². The molecule has 2 heteroatoms. The molecule has 0 spiro atoms. The summed E-state index contributed by atoms with van der Waals surface area (Å²) in [5.41, 5.74) is 3.52. The van der Waals surface area contributed by atoms with Gasteiger partial charge in [0.05, 0.1) is 6.10 Å². The molecule has 2 aromatic rings. The van der Waals surface area contributed by atoms with Crippen LogP contribution >= 0.6 is 0 Å². The highest BCUT2D eigenvalue weighted by molar-refractivity contribution is 5.26. The van der Waals surface area contributed by atoms with Gasteiger partial charge in [-0.05, 0) is 36.1 Å². The Labute approximate surface area is 102 Å². The van der Waals surface area contributed by atoms with E-state index in [-0.39, 0.29) is 6.10 Å². The van der Waals surface area contributed by atoms with E-state index in [1.54, 1.807) is 12.4 Å². The second kappa shape index (κ2) is 5.60. The molecule has 0 amide bonds. The Balaban J connectivity index is 1.98. The standard InChI is InChI=1S/C15H17NO/c1-12-5-2-3-7-14(12)10-15(17)9-13-6-4-8-16-11-13/h2-8,11,15,17H,9-10H2,1H3. The Morgan fingerprint density at radius 1 is 1.12 bits per heavy atom. The average Bonchev–Trinajstić information content (AvgIpc) is 2.33. The third-order valence-electron chi connectivity index (χ3n) is 2.91. The highest BCUT2D eigenvalue weighted by atomic mass is 16.3. The smallest absolute Gasteiger partial charge is 0.0621 e. The summed E-state index contributed by atoms with van der Waals surface area (Å²) in [5.74, 6) is 0. The van der Waals surface area contributed by atoms with Gasteiger partial charge in [-0.25, -0.2) is 0 Å². The SMILES string of the molecule is Cc1ccccc1CC(O)Cc1cccnc1. The van der Waals surface area contributed by atoms with E-state index < -0.39 is 0 Å². The Bertz CT molecular complexity index is 467. The zero-order valence-electron chi connectivity index (χ0n) is 10.0. The minimum Gasteiger partial charge on any atom is -0.392 e. The topological polar surface area (TPSA) is 33.1 Å². The van der Waals surface area contributed by atoms with Crippen molar-refractivity contribution in [3.8, 4) is 0 Å². The molecular weight excluding hydrogens is 210 g/mol. The molecule has 0 aliphatic carbocycles. The lowest BCUT2D eigenvalue weighted by atomic mass is 9.99. The van der Waals surface area contributed by atoms with Crippen LogP contribution in [0.5, 0.6) is 0 Å². The molecule has 0 fully saturated rings. The van der Waals surface area contributed by atoms with Gasteiger partial charge in [0.1, 0.15) is 0 Å². The van der Waals surface area contributed by atoms with Gasteiger partial charge >= 0.3 is 0 Å². The van der Waals surface area contributed by atoms with Crippen molar-refractivity contribution < 1.29 is 5.11 Å². The van der Waals surface area contributed by atoms with E-state index in [0.29, 0.717) is 12.8 Å². The zero-order chi connectivity index (χ0) is 12.1. The van der Waals surface area contributed by atoms with Crippen LogP contribution in [0.2, 0.25) is 0 Å². The first-order valence-electron chi connectivity index (χ1n) is 5.87. The van der Waals surface area contributed by atoms with Crippen LogP contribution in [0.15, 0.2) is 48.8 Å². The number of hydrogen-bond acceptors (Lipinski definition) is 2. The van der Waals surface area contributed by atoms with Gasteiger partial charge in [0.15, 0.2) is 0 Å². The summed E-state index contributed by atoms with van der Waals surface area (Å²) in [6.07, 6.45) is 4.56. The summed E-state index contributed by atoms with van der Waals surface area (Å²) in [6.45, 7) is 2.08. The maximum atomic E-state index is 10.1. The first-order chi connectivity index (χ1) is 8.25. The predicted octanol–water partition coefficient (Wildman–Crippen LogP) is 2.54. The third-order valence-corrected chi connectivity index (χ3v) is 2.91. The first kappa shape index (κ1) is 11.8. The van der Waals surface area contributed by atoms with Crippen molar-refractivity contribution in [1.29, 1.82) is 0 Å². The summed E-state index contributed by atoms with van der Waals surface area (Å²) in [6, 6.07) is 12.1. The molecule has 2 rings (SSSR count). The third kappa shape index (κ3) is 3.40. The van der Waals surface area contributed by atoms with Crippen LogP contribution in [0.4, 0.5) is 0 Å². The maximum absolute atomic E-state index is 10.1. The molecule has 1 N–H and O–H groups in total. The fourth-order valence-electron chi connectivity index (χ4n) is 1.96.